The molecule has 0 spiro atoms. The van der Waals surface area contributed by atoms with Crippen molar-refractivity contribution in [2.24, 2.45) is 0 Å². The molecule has 0 saturated carbocycles. The van der Waals surface area contributed by atoms with E-state index < -0.39 is 17.1 Å². The molecule has 0 fully saturated rings. The largest absolute Gasteiger partial charge is 0.616 e. The Kier molecular flexibility index (Phi) is 2.78. The minimum absolute atomic E-state index is 0.139. The Balaban J connectivity index is 3.13. The van der Waals surface area contributed by atoms with Gasteiger partial charge >= 0.3 is 0 Å². The highest BCUT2D eigenvalue weighted by Gasteiger charge is 2.01. The van der Waals surface area contributed by atoms with Crippen LogP contribution in [-0.4, -0.2) is 22.5 Å². The molecule has 0 rings (SSSR count). The molecule has 4 heteroatoms. The van der Waals surface area contributed by atoms with Gasteiger partial charge in [0, 0.05) is 0 Å². The number of amides is 1. The van der Waals surface area contributed by atoms with Gasteiger partial charge in [0.25, 0.3) is 5.91 Å². The molecule has 1 unspecified atom stereocenters. The molecular weight excluding hydrogens is 114 g/mol. The fourth-order valence-corrected chi connectivity index (χ4v) is 0.554. The summed E-state index contributed by atoms with van der Waals surface area (Å²) in [5.41, 5.74) is 6.28. The lowest BCUT2D eigenvalue weighted by Crippen LogP contribution is -2.14. The van der Waals surface area contributed by atoms with E-state index in [1.54, 1.807) is 0 Å². The molecule has 3 nitrogen and oxygen atoms in total. The first kappa shape index (κ1) is 6.78. The molecule has 7 heavy (non-hydrogen) atoms. The van der Waals surface area contributed by atoms with E-state index in [0.717, 1.165) is 0 Å². The van der Waals surface area contributed by atoms with Crippen LogP contribution >= 0.6 is 0 Å². The summed E-state index contributed by atoms with van der Waals surface area (Å²) in [6.45, 7) is 0. The van der Waals surface area contributed by atoms with Crippen molar-refractivity contribution in [2.75, 3.05) is 12.0 Å². The van der Waals surface area contributed by atoms with Gasteiger partial charge in [-0.25, -0.2) is 0 Å². The van der Waals surface area contributed by atoms with Gasteiger partial charge in [-0.1, -0.05) is 0 Å². The molecule has 41 valence electrons. The lowest BCUT2D eigenvalue weighted by Gasteiger charge is -1.97. The topological polar surface area (TPSA) is 63.9 Å². The number of hydrogen-bond acceptors (Lipinski definition) is 2. The lowest BCUT2D eigenvalue weighted by molar-refractivity contribution is -0.116. The second-order valence-electron chi connectivity index (χ2n) is 1.14. The Labute approximate surface area is 45.1 Å². The first-order valence-electron chi connectivity index (χ1n) is 1.67. The third-order valence-electron chi connectivity index (χ3n) is 0.334. The van der Waals surface area contributed by atoms with E-state index in [4.69, 9.17) is 5.73 Å². The summed E-state index contributed by atoms with van der Waals surface area (Å²) in [4.78, 5) is 9.73. The van der Waals surface area contributed by atoms with E-state index in [1.807, 2.05) is 0 Å². The molecule has 0 aromatic rings. The Morgan fingerprint density at radius 1 is 2.00 bits per heavy atom. The normalized spacial score (nSPS) is 13.4. The number of carbonyl (C=O) groups is 1. The highest BCUT2D eigenvalue weighted by atomic mass is 32.2. The van der Waals surface area contributed by atoms with Gasteiger partial charge < -0.3 is 4.55 Å². The summed E-state index contributed by atoms with van der Waals surface area (Å²) in [6.07, 6.45) is 1.40. The smallest absolute Gasteiger partial charge is 0.288 e. The van der Waals surface area contributed by atoms with E-state index in [2.05, 4.69) is 0 Å². The molecule has 0 aliphatic carbocycles. The minimum Gasteiger partial charge on any atom is -0.616 e. The molecule has 0 heterocycles. The second kappa shape index (κ2) is 2.87. The van der Waals surface area contributed by atoms with Crippen LogP contribution in [0, 0.1) is 0 Å². The average molecular weight is 120 g/mol. The maximum Gasteiger partial charge on any atom is 0.288 e. The molecule has 0 aromatic carbocycles. The Bertz CT molecular complexity index is 73.3. The second-order valence-corrected chi connectivity index (χ2v) is 2.58. The van der Waals surface area contributed by atoms with Crippen LogP contribution in [0.25, 0.3) is 0 Å². The van der Waals surface area contributed by atoms with Crippen molar-refractivity contribution in [2.45, 2.75) is 0 Å². The van der Waals surface area contributed by atoms with Crippen LogP contribution < -0.4 is 5.73 Å². The van der Waals surface area contributed by atoms with Crippen LogP contribution in [0.3, 0.4) is 0 Å². The summed E-state index contributed by atoms with van der Waals surface area (Å²) in [5, 5.41) is 0. The van der Waals surface area contributed by atoms with Gasteiger partial charge in [0.15, 0.2) is 5.75 Å². The van der Waals surface area contributed by atoms with Gasteiger partial charge in [-0.15, -0.1) is 0 Å². The van der Waals surface area contributed by atoms with Crippen molar-refractivity contribution in [3.63, 3.8) is 0 Å². The van der Waals surface area contributed by atoms with Crippen LogP contribution in [0.2, 0.25) is 0 Å². The van der Waals surface area contributed by atoms with Crippen molar-refractivity contribution in [3.05, 3.63) is 0 Å². The maximum atomic E-state index is 10.0. The molecule has 0 saturated heterocycles. The van der Waals surface area contributed by atoms with E-state index in [-0.39, 0.29) is 5.75 Å². The molecule has 0 bridgehead atoms. The number of carbonyl (C=O) groups excluding carboxylic acids is 1. The van der Waals surface area contributed by atoms with Crippen molar-refractivity contribution in [1.82, 2.24) is 5.73 Å². The van der Waals surface area contributed by atoms with Gasteiger partial charge in [0.05, 0.1) is 6.26 Å². The lowest BCUT2D eigenvalue weighted by atomic mass is 10.8. The molecule has 1 N–H and O–H groups in total. The Morgan fingerprint density at radius 3 is 2.43 bits per heavy atom. The summed E-state index contributed by atoms with van der Waals surface area (Å²) < 4.78 is 10.0. The fourth-order valence-electron chi connectivity index (χ4n) is 0.185. The maximum absolute atomic E-state index is 10.0. The summed E-state index contributed by atoms with van der Waals surface area (Å²) >= 11 is -1.13. The quantitative estimate of drug-likeness (QED) is 0.447. The zero-order valence-electron chi connectivity index (χ0n) is 3.93. The van der Waals surface area contributed by atoms with Crippen molar-refractivity contribution in [1.29, 1.82) is 0 Å². The van der Waals surface area contributed by atoms with E-state index in [1.165, 1.54) is 6.26 Å². The Morgan fingerprint density at radius 2 is 2.43 bits per heavy atom. The van der Waals surface area contributed by atoms with Crippen LogP contribution in [0.4, 0.5) is 0 Å². The minimum atomic E-state index is -1.13. The van der Waals surface area contributed by atoms with Gasteiger partial charge in [-0.05, 0) is 11.2 Å². The van der Waals surface area contributed by atoms with Gasteiger partial charge in [-0.2, -0.15) is 0 Å². The predicted octanol–water partition coefficient (Wildman–Crippen LogP) is -0.826. The SMILES string of the molecule is C[S+]([O-])CC([NH])=O. The molecule has 0 aliphatic heterocycles. The highest BCUT2D eigenvalue weighted by molar-refractivity contribution is 7.91. The monoisotopic (exact) mass is 120 g/mol. The third-order valence-corrected chi connectivity index (χ3v) is 1.00. The molecule has 1 radical (unpaired) electrons. The predicted molar refractivity (Wildman–Crippen MR) is 27.0 cm³/mol. The van der Waals surface area contributed by atoms with E-state index >= 15 is 0 Å². The third kappa shape index (κ3) is 5.78. The number of rotatable bonds is 2. The average Bonchev–Trinajstić information content (AvgIpc) is 1.27. The summed E-state index contributed by atoms with van der Waals surface area (Å²) in [7, 11) is 0. The van der Waals surface area contributed by atoms with E-state index in [9.17, 15) is 9.35 Å². The van der Waals surface area contributed by atoms with Gasteiger partial charge in [0.1, 0.15) is 0 Å². The summed E-state index contributed by atoms with van der Waals surface area (Å²) in [5.74, 6) is -0.902. The molecule has 0 aliphatic rings. The highest BCUT2D eigenvalue weighted by Crippen LogP contribution is 1.78. The van der Waals surface area contributed by atoms with Crippen molar-refractivity contribution >= 4 is 17.1 Å². The van der Waals surface area contributed by atoms with Gasteiger partial charge in [-0.3, -0.25) is 10.5 Å². The zero-order valence-corrected chi connectivity index (χ0v) is 4.75. The first-order chi connectivity index (χ1) is 3.13. The fraction of sp³-hybridized carbons (Fsp3) is 0.667. The Hall–Kier alpha value is -0.220. The van der Waals surface area contributed by atoms with Crippen LogP contribution in [0.5, 0.6) is 0 Å². The zero-order chi connectivity index (χ0) is 5.86. The molecule has 1 atom stereocenters. The first-order valence-corrected chi connectivity index (χ1v) is 3.40. The molecule has 0 aromatic heterocycles. The molecular formula is C3H6NO2S. The van der Waals surface area contributed by atoms with Crippen molar-refractivity contribution < 1.29 is 9.35 Å². The number of hydrogen-bond donors (Lipinski definition) is 0. The van der Waals surface area contributed by atoms with E-state index in [0.29, 0.717) is 0 Å². The van der Waals surface area contributed by atoms with Crippen LogP contribution in [-0.2, 0) is 16.0 Å². The van der Waals surface area contributed by atoms with Crippen LogP contribution in [0.1, 0.15) is 0 Å². The van der Waals surface area contributed by atoms with Crippen LogP contribution in [0.15, 0.2) is 0 Å². The van der Waals surface area contributed by atoms with Gasteiger partial charge in [0.2, 0.25) is 0 Å². The molecule has 1 amide bonds. The van der Waals surface area contributed by atoms with Crippen molar-refractivity contribution in [3.8, 4) is 0 Å². The summed E-state index contributed by atoms with van der Waals surface area (Å²) in [6, 6.07) is 0. The standard InChI is InChI=1S/C3H6NO2S/c1-7(6)2-3(4)5/h4H,2H2,1H3. The number of nitrogens with one attached hydrogen (secondary N) is 1.